The number of nitrogens with zero attached hydrogens (tertiary/aromatic N) is 1. The van der Waals surface area contributed by atoms with Crippen LogP contribution in [0, 0.1) is 13.8 Å². The van der Waals surface area contributed by atoms with Gasteiger partial charge < -0.3 is 10.2 Å². The van der Waals surface area contributed by atoms with Crippen molar-refractivity contribution < 1.29 is 9.59 Å². The molecule has 31 heavy (non-hydrogen) atoms. The van der Waals surface area contributed by atoms with Crippen LogP contribution in [0.4, 0.5) is 0 Å². The number of aryl methyl sites for hydroxylation is 2. The van der Waals surface area contributed by atoms with Gasteiger partial charge in [-0.05, 0) is 43.5 Å². The van der Waals surface area contributed by atoms with Gasteiger partial charge in [0.25, 0.3) is 5.91 Å². The van der Waals surface area contributed by atoms with E-state index in [0.717, 1.165) is 22.3 Å². The monoisotopic (exact) mass is 412 g/mol. The Kier molecular flexibility index (Phi) is 5.64. The van der Waals surface area contributed by atoms with Crippen LogP contribution in [0.25, 0.3) is 0 Å². The molecule has 1 aliphatic rings. The lowest BCUT2D eigenvalue weighted by molar-refractivity contribution is -0.132. The lowest BCUT2D eigenvalue weighted by Crippen LogP contribution is -2.62. The molecule has 0 aliphatic carbocycles. The molecule has 4 nitrogen and oxygen atoms in total. The highest BCUT2D eigenvalue weighted by Crippen LogP contribution is 2.33. The van der Waals surface area contributed by atoms with Gasteiger partial charge in [-0.25, -0.2) is 0 Å². The van der Waals surface area contributed by atoms with Gasteiger partial charge in [-0.1, -0.05) is 77.9 Å². The zero-order valence-electron chi connectivity index (χ0n) is 18.3. The van der Waals surface area contributed by atoms with Gasteiger partial charge >= 0.3 is 0 Å². The number of fused-ring (bicyclic) bond motifs is 1. The molecule has 1 aliphatic heterocycles. The van der Waals surface area contributed by atoms with E-state index in [1.807, 2.05) is 93.6 Å². The number of benzene rings is 3. The summed E-state index contributed by atoms with van der Waals surface area (Å²) in [7, 11) is 0. The molecule has 0 saturated carbocycles. The smallest absolute Gasteiger partial charge is 0.255 e. The van der Waals surface area contributed by atoms with E-state index in [2.05, 4.69) is 5.32 Å². The molecule has 0 saturated heterocycles. The molecule has 1 N–H and O–H groups in total. The standard InChI is InChI=1S/C27H28N2O2/c1-19-8-12-21(13-9-19)17-28-26(31)27(3)16-23-6-4-5-7-24(23)25(30)29(27)18-22-14-10-20(2)11-15-22/h4-15H,16-18H2,1-3H3,(H,28,31)/t27-/m0/s1. The van der Waals surface area contributed by atoms with Gasteiger partial charge in [-0.15, -0.1) is 0 Å². The summed E-state index contributed by atoms with van der Waals surface area (Å²) in [6.45, 7) is 6.77. The van der Waals surface area contributed by atoms with Gasteiger partial charge in [0.1, 0.15) is 5.54 Å². The number of nitrogens with one attached hydrogen (secondary N) is 1. The second-order valence-corrected chi connectivity index (χ2v) is 8.65. The highest BCUT2D eigenvalue weighted by atomic mass is 16.2. The van der Waals surface area contributed by atoms with E-state index in [-0.39, 0.29) is 11.8 Å². The number of amides is 2. The first kappa shape index (κ1) is 20.9. The number of rotatable bonds is 5. The summed E-state index contributed by atoms with van der Waals surface area (Å²) in [5.41, 5.74) is 5.02. The Morgan fingerprint density at radius 2 is 1.48 bits per heavy atom. The van der Waals surface area contributed by atoms with E-state index >= 15 is 0 Å². The molecule has 0 unspecified atom stereocenters. The molecule has 4 rings (SSSR count). The van der Waals surface area contributed by atoms with E-state index in [0.29, 0.717) is 25.1 Å². The third-order valence-electron chi connectivity index (χ3n) is 6.15. The zero-order valence-corrected chi connectivity index (χ0v) is 18.3. The number of hydrogen-bond acceptors (Lipinski definition) is 2. The second kappa shape index (κ2) is 8.38. The largest absolute Gasteiger partial charge is 0.350 e. The number of hydrogen-bond donors (Lipinski definition) is 1. The maximum absolute atomic E-state index is 13.5. The van der Waals surface area contributed by atoms with Crippen LogP contribution in [-0.2, 0) is 24.3 Å². The van der Waals surface area contributed by atoms with Gasteiger partial charge in [0.2, 0.25) is 5.91 Å². The molecule has 1 atom stereocenters. The van der Waals surface area contributed by atoms with E-state index in [4.69, 9.17) is 0 Å². The van der Waals surface area contributed by atoms with Crippen LogP contribution in [0.15, 0.2) is 72.8 Å². The Balaban J connectivity index is 1.63. The Morgan fingerprint density at radius 1 is 0.903 bits per heavy atom. The first-order valence-corrected chi connectivity index (χ1v) is 10.7. The van der Waals surface area contributed by atoms with E-state index in [9.17, 15) is 9.59 Å². The molecular formula is C27H28N2O2. The number of carbonyl (C=O) groups is 2. The van der Waals surface area contributed by atoms with Crippen LogP contribution in [0.3, 0.4) is 0 Å². The molecule has 158 valence electrons. The molecule has 0 bridgehead atoms. The summed E-state index contributed by atoms with van der Waals surface area (Å²) in [5.74, 6) is -0.238. The zero-order chi connectivity index (χ0) is 22.0. The SMILES string of the molecule is Cc1ccc(CNC(=O)[C@]2(C)Cc3ccccc3C(=O)N2Cc2ccc(C)cc2)cc1. The highest BCUT2D eigenvalue weighted by molar-refractivity contribution is 6.02. The summed E-state index contributed by atoms with van der Waals surface area (Å²) < 4.78 is 0. The predicted octanol–water partition coefficient (Wildman–Crippen LogP) is 4.58. The summed E-state index contributed by atoms with van der Waals surface area (Å²) >= 11 is 0. The van der Waals surface area contributed by atoms with Gasteiger partial charge in [0.15, 0.2) is 0 Å². The minimum absolute atomic E-state index is 0.101. The Labute approximate surface area is 183 Å². The van der Waals surface area contributed by atoms with Gasteiger partial charge in [0.05, 0.1) is 0 Å². The van der Waals surface area contributed by atoms with Crippen LogP contribution in [0.1, 0.15) is 45.1 Å². The van der Waals surface area contributed by atoms with Gasteiger partial charge in [-0.3, -0.25) is 9.59 Å². The highest BCUT2D eigenvalue weighted by Gasteiger charge is 2.46. The maximum Gasteiger partial charge on any atom is 0.255 e. The fourth-order valence-electron chi connectivity index (χ4n) is 4.12. The molecule has 1 heterocycles. The van der Waals surface area contributed by atoms with E-state index in [1.165, 1.54) is 5.56 Å². The van der Waals surface area contributed by atoms with Crippen LogP contribution in [0.5, 0.6) is 0 Å². The molecule has 0 spiro atoms. The minimum Gasteiger partial charge on any atom is -0.350 e. The predicted molar refractivity (Wildman–Crippen MR) is 123 cm³/mol. The van der Waals surface area contributed by atoms with E-state index < -0.39 is 5.54 Å². The quantitative estimate of drug-likeness (QED) is 0.667. The molecule has 2 amide bonds. The van der Waals surface area contributed by atoms with Crippen LogP contribution in [-0.4, -0.2) is 22.3 Å². The summed E-state index contributed by atoms with van der Waals surface area (Å²) in [6.07, 6.45) is 0.487. The molecule has 3 aromatic carbocycles. The van der Waals surface area contributed by atoms with Crippen molar-refractivity contribution >= 4 is 11.8 Å². The fourth-order valence-corrected chi connectivity index (χ4v) is 4.12. The molecule has 4 heteroatoms. The molecule has 3 aromatic rings. The van der Waals surface area contributed by atoms with Crippen LogP contribution < -0.4 is 5.32 Å². The Hall–Kier alpha value is -3.40. The van der Waals surface area contributed by atoms with Crippen molar-refractivity contribution in [3.8, 4) is 0 Å². The van der Waals surface area contributed by atoms with Crippen molar-refractivity contribution in [3.05, 3.63) is 106 Å². The van der Waals surface area contributed by atoms with Crippen LogP contribution >= 0.6 is 0 Å². The molecular weight excluding hydrogens is 384 g/mol. The van der Waals surface area contributed by atoms with Crippen molar-refractivity contribution in [2.24, 2.45) is 0 Å². The Morgan fingerprint density at radius 3 is 2.13 bits per heavy atom. The van der Waals surface area contributed by atoms with Crippen molar-refractivity contribution in [1.82, 2.24) is 10.2 Å². The molecule has 0 radical (unpaired) electrons. The maximum atomic E-state index is 13.5. The lowest BCUT2D eigenvalue weighted by Gasteiger charge is -2.44. The fraction of sp³-hybridized carbons (Fsp3) is 0.259. The second-order valence-electron chi connectivity index (χ2n) is 8.65. The molecule has 0 aromatic heterocycles. The summed E-state index contributed by atoms with van der Waals surface area (Å²) in [5, 5.41) is 3.07. The topological polar surface area (TPSA) is 49.4 Å². The van der Waals surface area contributed by atoms with E-state index in [1.54, 1.807) is 4.90 Å². The lowest BCUT2D eigenvalue weighted by atomic mass is 9.82. The Bertz CT molecular complexity index is 1100. The summed E-state index contributed by atoms with van der Waals surface area (Å²) in [6, 6.07) is 23.8. The van der Waals surface area contributed by atoms with Crippen molar-refractivity contribution in [2.75, 3.05) is 0 Å². The third-order valence-corrected chi connectivity index (χ3v) is 6.15. The molecule has 0 fully saturated rings. The third kappa shape index (κ3) is 4.24. The first-order chi connectivity index (χ1) is 14.9. The van der Waals surface area contributed by atoms with Crippen LogP contribution in [0.2, 0.25) is 0 Å². The number of carbonyl (C=O) groups excluding carboxylic acids is 2. The van der Waals surface area contributed by atoms with Crippen molar-refractivity contribution in [2.45, 2.75) is 45.8 Å². The minimum atomic E-state index is -0.971. The normalized spacial score (nSPS) is 17.9. The summed E-state index contributed by atoms with van der Waals surface area (Å²) in [4.78, 5) is 28.7. The first-order valence-electron chi connectivity index (χ1n) is 10.7. The van der Waals surface area contributed by atoms with Gasteiger partial charge in [0, 0.05) is 25.1 Å². The van der Waals surface area contributed by atoms with Crippen molar-refractivity contribution in [1.29, 1.82) is 0 Å². The van der Waals surface area contributed by atoms with Gasteiger partial charge in [-0.2, -0.15) is 0 Å². The average molecular weight is 413 g/mol. The van der Waals surface area contributed by atoms with Crippen molar-refractivity contribution in [3.63, 3.8) is 0 Å². The average Bonchev–Trinajstić information content (AvgIpc) is 2.77.